The number of halogens is 2. The lowest BCUT2D eigenvalue weighted by Crippen LogP contribution is -2.32. The fourth-order valence-corrected chi connectivity index (χ4v) is 4.08. The van der Waals surface area contributed by atoms with Crippen LogP contribution in [0.25, 0.3) is 0 Å². The average molecular weight is 294 g/mol. The molecule has 0 atom stereocenters. The van der Waals surface area contributed by atoms with Crippen LogP contribution in [0.3, 0.4) is 0 Å². The second-order valence-electron chi connectivity index (χ2n) is 4.18. The van der Waals surface area contributed by atoms with Gasteiger partial charge in [0.25, 0.3) is 0 Å². The molecule has 1 fully saturated rings. The van der Waals surface area contributed by atoms with Crippen LogP contribution in [0.2, 0.25) is 10.0 Å². The van der Waals surface area contributed by atoms with Gasteiger partial charge in [-0.15, -0.1) is 0 Å². The molecule has 0 bridgehead atoms. The van der Waals surface area contributed by atoms with Crippen molar-refractivity contribution in [3.05, 3.63) is 28.2 Å². The van der Waals surface area contributed by atoms with Crippen molar-refractivity contribution >= 4 is 33.2 Å². The quantitative estimate of drug-likeness (QED) is 0.930. The van der Waals surface area contributed by atoms with Crippen molar-refractivity contribution in [3.8, 4) is 0 Å². The standard InChI is InChI=1S/C11H13Cl2NO2S/c12-8-5-6-10(13)11(7-8)17(15,16)14-9-3-1-2-4-9/h5-7,9,14H,1-4H2. The zero-order valence-corrected chi connectivity index (χ0v) is 11.4. The van der Waals surface area contributed by atoms with Gasteiger partial charge < -0.3 is 0 Å². The van der Waals surface area contributed by atoms with E-state index in [0.29, 0.717) is 5.02 Å². The first kappa shape index (κ1) is 13.1. The van der Waals surface area contributed by atoms with Gasteiger partial charge in [0.15, 0.2) is 0 Å². The second-order valence-corrected chi connectivity index (χ2v) is 6.70. The van der Waals surface area contributed by atoms with Crippen LogP contribution in [0.1, 0.15) is 25.7 Å². The first-order chi connectivity index (χ1) is 7.99. The number of sulfonamides is 1. The van der Waals surface area contributed by atoms with E-state index in [-0.39, 0.29) is 16.0 Å². The van der Waals surface area contributed by atoms with E-state index >= 15 is 0 Å². The predicted octanol–water partition coefficient (Wildman–Crippen LogP) is 3.21. The number of hydrogen-bond donors (Lipinski definition) is 1. The SMILES string of the molecule is O=S(=O)(NC1CCCC1)c1cc(Cl)ccc1Cl. The Morgan fingerprint density at radius 2 is 1.82 bits per heavy atom. The summed E-state index contributed by atoms with van der Waals surface area (Å²) in [5.74, 6) is 0. The second kappa shape index (κ2) is 5.14. The van der Waals surface area contributed by atoms with E-state index in [1.54, 1.807) is 6.07 Å². The minimum absolute atomic E-state index is 0.0232. The Morgan fingerprint density at radius 1 is 1.18 bits per heavy atom. The molecule has 1 aromatic rings. The van der Waals surface area contributed by atoms with E-state index < -0.39 is 10.0 Å². The number of benzene rings is 1. The van der Waals surface area contributed by atoms with Gasteiger partial charge in [-0.2, -0.15) is 0 Å². The van der Waals surface area contributed by atoms with E-state index in [1.165, 1.54) is 12.1 Å². The molecular formula is C11H13Cl2NO2S. The molecule has 17 heavy (non-hydrogen) atoms. The minimum Gasteiger partial charge on any atom is -0.208 e. The molecule has 2 rings (SSSR count). The summed E-state index contributed by atoms with van der Waals surface area (Å²) in [5.41, 5.74) is 0. The Bertz CT molecular complexity index is 510. The molecule has 1 aliphatic carbocycles. The minimum atomic E-state index is -3.56. The lowest BCUT2D eigenvalue weighted by Gasteiger charge is -2.13. The molecule has 0 saturated heterocycles. The Morgan fingerprint density at radius 3 is 2.47 bits per heavy atom. The molecule has 0 aliphatic heterocycles. The third-order valence-corrected chi connectivity index (χ3v) is 5.10. The van der Waals surface area contributed by atoms with E-state index in [4.69, 9.17) is 23.2 Å². The van der Waals surface area contributed by atoms with Gasteiger partial charge in [0, 0.05) is 11.1 Å². The molecule has 1 aliphatic rings. The normalized spacial score (nSPS) is 17.5. The fourth-order valence-electron chi connectivity index (χ4n) is 2.01. The molecule has 0 radical (unpaired) electrons. The lowest BCUT2D eigenvalue weighted by molar-refractivity contribution is 0.552. The summed E-state index contributed by atoms with van der Waals surface area (Å²) in [4.78, 5) is 0.0542. The fraction of sp³-hybridized carbons (Fsp3) is 0.455. The molecule has 0 spiro atoms. The molecule has 0 amide bonds. The van der Waals surface area contributed by atoms with E-state index in [1.807, 2.05) is 0 Å². The monoisotopic (exact) mass is 293 g/mol. The Kier molecular flexibility index (Phi) is 3.98. The predicted molar refractivity (Wildman–Crippen MR) is 69.0 cm³/mol. The molecule has 94 valence electrons. The third kappa shape index (κ3) is 3.13. The third-order valence-electron chi connectivity index (χ3n) is 2.86. The zero-order valence-electron chi connectivity index (χ0n) is 9.12. The molecule has 1 N–H and O–H groups in total. The summed E-state index contributed by atoms with van der Waals surface area (Å²) in [6.45, 7) is 0. The first-order valence-corrected chi connectivity index (χ1v) is 7.70. The highest BCUT2D eigenvalue weighted by atomic mass is 35.5. The Labute approximate surface area is 111 Å². The highest BCUT2D eigenvalue weighted by molar-refractivity contribution is 7.89. The van der Waals surface area contributed by atoms with Gasteiger partial charge >= 0.3 is 0 Å². The number of nitrogens with one attached hydrogen (secondary N) is 1. The zero-order chi connectivity index (χ0) is 12.5. The molecular weight excluding hydrogens is 281 g/mol. The molecule has 3 nitrogen and oxygen atoms in total. The van der Waals surface area contributed by atoms with Crippen molar-refractivity contribution < 1.29 is 8.42 Å². The van der Waals surface area contributed by atoms with Crippen molar-refractivity contribution in [1.29, 1.82) is 0 Å². The average Bonchev–Trinajstić information content (AvgIpc) is 2.73. The highest BCUT2D eigenvalue weighted by Crippen LogP contribution is 2.26. The molecule has 1 saturated carbocycles. The highest BCUT2D eigenvalue weighted by Gasteiger charge is 2.24. The van der Waals surface area contributed by atoms with Crippen LogP contribution in [0.4, 0.5) is 0 Å². The molecule has 6 heteroatoms. The van der Waals surface area contributed by atoms with Crippen LogP contribution in [0, 0.1) is 0 Å². The van der Waals surface area contributed by atoms with Crippen LogP contribution in [0.5, 0.6) is 0 Å². The maximum atomic E-state index is 12.1. The van der Waals surface area contributed by atoms with Gasteiger partial charge in [-0.3, -0.25) is 0 Å². The summed E-state index contributed by atoms with van der Waals surface area (Å²) < 4.78 is 26.9. The summed E-state index contributed by atoms with van der Waals surface area (Å²) in [6.07, 6.45) is 3.90. The number of hydrogen-bond acceptors (Lipinski definition) is 2. The summed E-state index contributed by atoms with van der Waals surface area (Å²) in [6, 6.07) is 4.46. The van der Waals surface area contributed by atoms with Gasteiger partial charge in [0.1, 0.15) is 4.90 Å². The van der Waals surface area contributed by atoms with Crippen LogP contribution in [-0.2, 0) is 10.0 Å². The van der Waals surface area contributed by atoms with Gasteiger partial charge in [0.2, 0.25) is 10.0 Å². The Hall–Kier alpha value is -0.290. The largest absolute Gasteiger partial charge is 0.242 e. The van der Waals surface area contributed by atoms with Crippen LogP contribution in [-0.4, -0.2) is 14.5 Å². The van der Waals surface area contributed by atoms with E-state index in [9.17, 15) is 8.42 Å². The summed E-state index contributed by atoms with van der Waals surface area (Å²) >= 11 is 11.7. The molecule has 0 unspecified atom stereocenters. The van der Waals surface area contributed by atoms with E-state index in [0.717, 1.165) is 25.7 Å². The van der Waals surface area contributed by atoms with Crippen molar-refractivity contribution in [2.45, 2.75) is 36.6 Å². The van der Waals surface area contributed by atoms with Crippen molar-refractivity contribution in [1.82, 2.24) is 4.72 Å². The summed E-state index contributed by atoms with van der Waals surface area (Å²) in [7, 11) is -3.56. The molecule has 0 heterocycles. The van der Waals surface area contributed by atoms with Crippen molar-refractivity contribution in [3.63, 3.8) is 0 Å². The van der Waals surface area contributed by atoms with Crippen LogP contribution < -0.4 is 4.72 Å². The first-order valence-electron chi connectivity index (χ1n) is 5.46. The van der Waals surface area contributed by atoms with Gasteiger partial charge in [-0.25, -0.2) is 13.1 Å². The van der Waals surface area contributed by atoms with Crippen molar-refractivity contribution in [2.75, 3.05) is 0 Å². The van der Waals surface area contributed by atoms with E-state index in [2.05, 4.69) is 4.72 Å². The maximum Gasteiger partial charge on any atom is 0.242 e. The lowest BCUT2D eigenvalue weighted by atomic mass is 10.3. The van der Waals surface area contributed by atoms with Gasteiger partial charge in [-0.1, -0.05) is 36.0 Å². The number of rotatable bonds is 3. The summed E-state index contributed by atoms with van der Waals surface area (Å²) in [5, 5.41) is 0.557. The topological polar surface area (TPSA) is 46.2 Å². The molecule has 0 aromatic heterocycles. The van der Waals surface area contributed by atoms with Crippen molar-refractivity contribution in [2.24, 2.45) is 0 Å². The Balaban J connectivity index is 2.27. The van der Waals surface area contributed by atoms with Crippen LogP contribution in [0.15, 0.2) is 23.1 Å². The smallest absolute Gasteiger partial charge is 0.208 e. The van der Waals surface area contributed by atoms with Gasteiger partial charge in [0.05, 0.1) is 5.02 Å². The molecule has 1 aromatic carbocycles. The van der Waals surface area contributed by atoms with Crippen LogP contribution >= 0.6 is 23.2 Å². The maximum absolute atomic E-state index is 12.1. The van der Waals surface area contributed by atoms with Gasteiger partial charge in [-0.05, 0) is 31.0 Å².